The second kappa shape index (κ2) is 5.83. The third-order valence-corrected chi connectivity index (χ3v) is 6.44. The number of piperidine rings is 1. The van der Waals surface area contributed by atoms with Crippen molar-refractivity contribution in [3.8, 4) is 5.75 Å². The van der Waals surface area contributed by atoms with E-state index in [0.29, 0.717) is 22.5 Å². The molecule has 0 saturated carbocycles. The van der Waals surface area contributed by atoms with Gasteiger partial charge in [0.05, 0.1) is 12.0 Å². The Bertz CT molecular complexity index is 660. The summed E-state index contributed by atoms with van der Waals surface area (Å²) in [5, 5.41) is 3.53. The van der Waals surface area contributed by atoms with E-state index in [9.17, 15) is 8.42 Å². The lowest BCUT2D eigenvalue weighted by Gasteiger charge is -2.29. The zero-order valence-corrected chi connectivity index (χ0v) is 14.2. The summed E-state index contributed by atoms with van der Waals surface area (Å²) in [6.45, 7) is 3.67. The lowest BCUT2D eigenvalue weighted by Crippen LogP contribution is -2.48. The highest BCUT2D eigenvalue weighted by atomic mass is 32.2. The SMILES string of the molecule is COc1cc(C)c(S(=O)(=O)NC2CC3CCC(C2)N3)cc1C. The number of rotatable bonds is 4. The average Bonchev–Trinajstić information content (AvgIpc) is 2.79. The van der Waals surface area contributed by atoms with Crippen LogP contribution in [-0.4, -0.2) is 33.7 Å². The summed E-state index contributed by atoms with van der Waals surface area (Å²) in [6.07, 6.45) is 4.07. The van der Waals surface area contributed by atoms with Crippen molar-refractivity contribution in [1.82, 2.24) is 10.0 Å². The molecule has 1 aromatic rings. The minimum atomic E-state index is -3.49. The molecule has 0 spiro atoms. The van der Waals surface area contributed by atoms with Crippen molar-refractivity contribution in [1.29, 1.82) is 0 Å². The second-order valence-corrected chi connectivity index (χ2v) is 8.20. The number of hydrogen-bond donors (Lipinski definition) is 2. The van der Waals surface area contributed by atoms with Crippen molar-refractivity contribution < 1.29 is 13.2 Å². The Morgan fingerprint density at radius 3 is 2.36 bits per heavy atom. The van der Waals surface area contributed by atoms with Crippen molar-refractivity contribution in [2.24, 2.45) is 0 Å². The van der Waals surface area contributed by atoms with Gasteiger partial charge in [-0.05, 0) is 62.8 Å². The van der Waals surface area contributed by atoms with Crippen LogP contribution in [0.4, 0.5) is 0 Å². The largest absolute Gasteiger partial charge is 0.496 e. The normalized spacial score (nSPS) is 27.9. The van der Waals surface area contributed by atoms with Gasteiger partial charge < -0.3 is 10.1 Å². The highest BCUT2D eigenvalue weighted by Crippen LogP contribution is 2.29. The third-order valence-electron chi connectivity index (χ3n) is 4.78. The van der Waals surface area contributed by atoms with Gasteiger partial charge in [-0.15, -0.1) is 0 Å². The molecule has 2 aliphatic heterocycles. The van der Waals surface area contributed by atoms with Crippen molar-refractivity contribution >= 4 is 10.0 Å². The van der Waals surface area contributed by atoms with Crippen LogP contribution in [0.2, 0.25) is 0 Å². The maximum atomic E-state index is 12.7. The molecule has 2 fully saturated rings. The first-order valence-electron chi connectivity index (χ1n) is 7.82. The molecule has 5 nitrogen and oxygen atoms in total. The molecule has 3 rings (SSSR count). The van der Waals surface area contributed by atoms with Crippen LogP contribution in [0, 0.1) is 13.8 Å². The fourth-order valence-corrected chi connectivity index (χ4v) is 5.28. The Labute approximate surface area is 132 Å². The minimum absolute atomic E-state index is 0.0329. The van der Waals surface area contributed by atoms with Crippen molar-refractivity contribution in [2.45, 2.75) is 62.6 Å². The van der Waals surface area contributed by atoms with Gasteiger partial charge in [-0.25, -0.2) is 13.1 Å². The van der Waals surface area contributed by atoms with E-state index in [-0.39, 0.29) is 6.04 Å². The van der Waals surface area contributed by atoms with E-state index >= 15 is 0 Å². The van der Waals surface area contributed by atoms with Crippen LogP contribution in [0.15, 0.2) is 17.0 Å². The number of sulfonamides is 1. The van der Waals surface area contributed by atoms with E-state index < -0.39 is 10.0 Å². The molecule has 6 heteroatoms. The van der Waals surface area contributed by atoms with Crippen LogP contribution in [-0.2, 0) is 10.0 Å². The molecule has 0 aromatic heterocycles. The molecule has 0 amide bonds. The maximum Gasteiger partial charge on any atom is 0.241 e. The number of methoxy groups -OCH3 is 1. The zero-order chi connectivity index (χ0) is 15.9. The first-order valence-corrected chi connectivity index (χ1v) is 9.31. The Hall–Kier alpha value is -1.11. The quantitative estimate of drug-likeness (QED) is 0.887. The average molecular weight is 324 g/mol. The predicted octanol–water partition coefficient (Wildman–Crippen LogP) is 1.87. The van der Waals surface area contributed by atoms with E-state index in [1.807, 2.05) is 13.8 Å². The van der Waals surface area contributed by atoms with Crippen LogP contribution in [0.1, 0.15) is 36.8 Å². The zero-order valence-electron chi connectivity index (χ0n) is 13.3. The Morgan fingerprint density at radius 1 is 1.14 bits per heavy atom. The number of aryl methyl sites for hydroxylation is 2. The lowest BCUT2D eigenvalue weighted by atomic mass is 10.0. The molecule has 0 aliphatic carbocycles. The standard InChI is InChI=1S/C16H24N2O3S/c1-10-7-16(11(2)6-15(10)21-3)22(19,20)18-14-8-12-4-5-13(9-14)17-12/h6-7,12-14,17-18H,4-5,8-9H2,1-3H3. The van der Waals surface area contributed by atoms with Crippen LogP contribution >= 0.6 is 0 Å². The summed E-state index contributed by atoms with van der Waals surface area (Å²) in [5.41, 5.74) is 1.55. The topological polar surface area (TPSA) is 67.4 Å². The van der Waals surface area contributed by atoms with E-state index in [0.717, 1.165) is 37.0 Å². The molecular weight excluding hydrogens is 300 g/mol. The first-order chi connectivity index (χ1) is 10.4. The van der Waals surface area contributed by atoms with E-state index in [2.05, 4.69) is 10.0 Å². The van der Waals surface area contributed by atoms with Crippen molar-refractivity contribution in [2.75, 3.05) is 7.11 Å². The van der Waals surface area contributed by atoms with Gasteiger partial charge in [0.1, 0.15) is 5.75 Å². The lowest BCUT2D eigenvalue weighted by molar-refractivity contribution is 0.345. The van der Waals surface area contributed by atoms with Crippen molar-refractivity contribution in [3.05, 3.63) is 23.3 Å². The summed E-state index contributed by atoms with van der Waals surface area (Å²) in [7, 11) is -1.89. The molecule has 122 valence electrons. The van der Waals surface area contributed by atoms with Gasteiger partial charge in [-0.3, -0.25) is 0 Å². The number of hydrogen-bond acceptors (Lipinski definition) is 4. The highest BCUT2D eigenvalue weighted by molar-refractivity contribution is 7.89. The summed E-state index contributed by atoms with van der Waals surface area (Å²) >= 11 is 0. The van der Waals surface area contributed by atoms with Gasteiger partial charge in [-0.1, -0.05) is 0 Å². The van der Waals surface area contributed by atoms with Gasteiger partial charge in [-0.2, -0.15) is 0 Å². The number of benzene rings is 1. The molecule has 2 saturated heterocycles. The first kappa shape index (κ1) is 15.8. The molecule has 2 N–H and O–H groups in total. The van der Waals surface area contributed by atoms with E-state index in [4.69, 9.17) is 4.74 Å². The van der Waals surface area contributed by atoms with E-state index in [1.165, 1.54) is 0 Å². The molecule has 22 heavy (non-hydrogen) atoms. The van der Waals surface area contributed by atoms with Crippen LogP contribution < -0.4 is 14.8 Å². The predicted molar refractivity (Wildman–Crippen MR) is 85.8 cm³/mol. The van der Waals surface area contributed by atoms with Crippen LogP contribution in [0.25, 0.3) is 0 Å². The van der Waals surface area contributed by atoms with Crippen LogP contribution in [0.5, 0.6) is 5.75 Å². The molecular formula is C16H24N2O3S. The smallest absolute Gasteiger partial charge is 0.241 e. The summed E-state index contributed by atoms with van der Waals surface area (Å²) in [5.74, 6) is 0.719. The molecule has 1 aromatic carbocycles. The van der Waals surface area contributed by atoms with Gasteiger partial charge in [0.15, 0.2) is 0 Å². The van der Waals surface area contributed by atoms with Gasteiger partial charge in [0.25, 0.3) is 0 Å². The maximum absolute atomic E-state index is 12.7. The summed E-state index contributed by atoms with van der Waals surface area (Å²) < 4.78 is 33.6. The monoisotopic (exact) mass is 324 g/mol. The summed E-state index contributed by atoms with van der Waals surface area (Å²) in [6, 6.07) is 4.45. The minimum Gasteiger partial charge on any atom is -0.496 e. The fraction of sp³-hybridized carbons (Fsp3) is 0.625. The van der Waals surface area contributed by atoms with Gasteiger partial charge >= 0.3 is 0 Å². The van der Waals surface area contributed by atoms with E-state index in [1.54, 1.807) is 19.2 Å². The molecule has 2 unspecified atom stereocenters. The molecule has 2 bridgehead atoms. The van der Waals surface area contributed by atoms with Crippen LogP contribution in [0.3, 0.4) is 0 Å². The Kier molecular flexibility index (Phi) is 4.18. The fourth-order valence-electron chi connectivity index (χ4n) is 3.71. The molecule has 2 aliphatic rings. The summed E-state index contributed by atoms with van der Waals surface area (Å²) in [4.78, 5) is 0.358. The molecule has 2 heterocycles. The molecule has 2 atom stereocenters. The third kappa shape index (κ3) is 3.00. The Balaban J connectivity index is 1.82. The van der Waals surface area contributed by atoms with Gasteiger partial charge in [0.2, 0.25) is 10.0 Å². The molecule has 0 radical (unpaired) electrons. The van der Waals surface area contributed by atoms with Crippen molar-refractivity contribution in [3.63, 3.8) is 0 Å². The second-order valence-electron chi connectivity index (χ2n) is 6.51. The highest BCUT2D eigenvalue weighted by Gasteiger charge is 2.35. The number of ether oxygens (including phenoxy) is 1. The van der Waals surface area contributed by atoms with Gasteiger partial charge in [0, 0.05) is 18.1 Å². The Morgan fingerprint density at radius 2 is 1.77 bits per heavy atom. The number of fused-ring (bicyclic) bond motifs is 2. The number of nitrogens with one attached hydrogen (secondary N) is 2.